The van der Waals surface area contributed by atoms with Gasteiger partial charge in [-0.1, -0.05) is 30.3 Å². The van der Waals surface area contributed by atoms with Gasteiger partial charge in [0.1, 0.15) is 18.1 Å². The molecule has 0 saturated heterocycles. The maximum Gasteiger partial charge on any atom is 0.270 e. The molecule has 2 aromatic heterocycles. The van der Waals surface area contributed by atoms with E-state index in [9.17, 15) is 4.79 Å². The molecule has 2 heterocycles. The fraction of sp³-hybridized carbons (Fsp3) is 0.208. The van der Waals surface area contributed by atoms with E-state index in [-0.39, 0.29) is 5.91 Å². The highest BCUT2D eigenvalue weighted by molar-refractivity contribution is 5.92. The number of aromatic nitrogens is 3. The zero-order valence-electron chi connectivity index (χ0n) is 17.3. The van der Waals surface area contributed by atoms with Crippen molar-refractivity contribution in [1.29, 1.82) is 0 Å². The minimum Gasteiger partial charge on any atom is -0.490 e. The van der Waals surface area contributed by atoms with E-state index in [1.165, 1.54) is 0 Å². The maximum atomic E-state index is 12.4. The Bertz CT molecular complexity index is 1160. The Balaban J connectivity index is 1.48. The normalized spacial score (nSPS) is 10.7. The van der Waals surface area contributed by atoms with Crippen LogP contribution in [0.2, 0.25) is 0 Å². The molecule has 0 unspecified atom stereocenters. The number of carbonyl (C=O) groups excluding carboxylic acids is 1. The summed E-state index contributed by atoms with van der Waals surface area (Å²) in [6.07, 6.45) is 1.60. The Morgan fingerprint density at radius 2 is 1.71 bits per heavy atom. The predicted molar refractivity (Wildman–Crippen MR) is 118 cm³/mol. The van der Waals surface area contributed by atoms with Crippen LogP contribution in [0.15, 0.2) is 72.9 Å². The first kappa shape index (κ1) is 20.4. The van der Waals surface area contributed by atoms with Gasteiger partial charge in [0.25, 0.3) is 5.91 Å². The first-order chi connectivity index (χ1) is 15.3. The molecule has 1 amide bonds. The summed E-state index contributed by atoms with van der Waals surface area (Å²) in [7, 11) is 0. The summed E-state index contributed by atoms with van der Waals surface area (Å²) in [4.78, 5) is 21.2. The summed E-state index contributed by atoms with van der Waals surface area (Å²) in [6, 6.07) is 20.8. The lowest BCUT2D eigenvalue weighted by atomic mass is 10.3. The summed E-state index contributed by atoms with van der Waals surface area (Å²) in [5.74, 6) is 1.95. The second kappa shape index (κ2) is 9.75. The quantitative estimate of drug-likeness (QED) is 0.449. The van der Waals surface area contributed by atoms with Crippen molar-refractivity contribution in [2.75, 3.05) is 13.2 Å². The average molecular weight is 416 g/mol. The molecule has 0 bridgehead atoms. The molecule has 0 radical (unpaired) electrons. The average Bonchev–Trinajstić information content (AvgIpc) is 3.17. The minimum absolute atomic E-state index is 0.235. The van der Waals surface area contributed by atoms with E-state index in [0.717, 1.165) is 22.6 Å². The number of para-hydroxylation sites is 4. The lowest BCUT2D eigenvalue weighted by molar-refractivity contribution is 0.0944. The van der Waals surface area contributed by atoms with Crippen molar-refractivity contribution in [2.45, 2.75) is 20.0 Å². The van der Waals surface area contributed by atoms with E-state index >= 15 is 0 Å². The molecule has 4 aromatic rings. The molecule has 1 N–H and O–H groups in total. The van der Waals surface area contributed by atoms with Crippen LogP contribution in [0.4, 0.5) is 0 Å². The summed E-state index contributed by atoms with van der Waals surface area (Å²) in [6.45, 7) is 3.83. The summed E-state index contributed by atoms with van der Waals surface area (Å²) < 4.78 is 13.7. The van der Waals surface area contributed by atoms with Gasteiger partial charge in [-0.05, 0) is 43.3 Å². The largest absolute Gasteiger partial charge is 0.490 e. The van der Waals surface area contributed by atoms with E-state index in [4.69, 9.17) is 14.5 Å². The third-order valence-electron chi connectivity index (χ3n) is 4.76. The van der Waals surface area contributed by atoms with Gasteiger partial charge in [-0.25, -0.2) is 4.98 Å². The lowest BCUT2D eigenvalue weighted by Crippen LogP contribution is -2.26. The zero-order chi connectivity index (χ0) is 21.5. The van der Waals surface area contributed by atoms with Gasteiger partial charge in [0, 0.05) is 6.20 Å². The molecular formula is C24H24N4O3. The molecule has 7 nitrogen and oxygen atoms in total. The van der Waals surface area contributed by atoms with Crippen LogP contribution < -0.4 is 14.8 Å². The van der Waals surface area contributed by atoms with Gasteiger partial charge >= 0.3 is 0 Å². The Kier molecular flexibility index (Phi) is 6.42. The molecular weight excluding hydrogens is 392 g/mol. The zero-order valence-corrected chi connectivity index (χ0v) is 17.3. The Labute approximate surface area is 180 Å². The van der Waals surface area contributed by atoms with Gasteiger partial charge in [0.15, 0.2) is 11.5 Å². The standard InChI is InChI=1S/C24H24N4O3/c1-2-30-21-12-5-6-13-22(21)31-16-15-28-20-11-4-3-9-18(20)27-23(28)17-26-24(29)19-10-7-8-14-25-19/h3-14H,2,15-17H2,1H3,(H,26,29). The number of nitrogens with one attached hydrogen (secondary N) is 1. The summed E-state index contributed by atoms with van der Waals surface area (Å²) in [5, 5.41) is 2.90. The highest BCUT2D eigenvalue weighted by atomic mass is 16.5. The molecule has 0 aliphatic rings. The molecule has 0 saturated carbocycles. The number of hydrogen-bond donors (Lipinski definition) is 1. The predicted octanol–water partition coefficient (Wildman–Crippen LogP) is 3.84. The topological polar surface area (TPSA) is 78.3 Å². The van der Waals surface area contributed by atoms with Crippen molar-refractivity contribution in [3.63, 3.8) is 0 Å². The Morgan fingerprint density at radius 1 is 0.968 bits per heavy atom. The van der Waals surface area contributed by atoms with E-state index in [1.807, 2.05) is 55.5 Å². The molecule has 0 aliphatic heterocycles. The van der Waals surface area contributed by atoms with Crippen LogP contribution in [-0.4, -0.2) is 33.7 Å². The third-order valence-corrected chi connectivity index (χ3v) is 4.76. The van der Waals surface area contributed by atoms with Crippen LogP contribution in [0.25, 0.3) is 11.0 Å². The summed E-state index contributed by atoms with van der Waals surface area (Å²) >= 11 is 0. The van der Waals surface area contributed by atoms with Gasteiger partial charge in [-0.2, -0.15) is 0 Å². The molecule has 31 heavy (non-hydrogen) atoms. The number of hydrogen-bond acceptors (Lipinski definition) is 5. The molecule has 2 aromatic carbocycles. The van der Waals surface area contributed by atoms with Gasteiger partial charge < -0.3 is 19.4 Å². The molecule has 0 atom stereocenters. The Hall–Kier alpha value is -3.87. The molecule has 7 heteroatoms. The van der Waals surface area contributed by atoms with Crippen molar-refractivity contribution in [1.82, 2.24) is 19.9 Å². The number of nitrogens with zero attached hydrogens (tertiary/aromatic N) is 3. The lowest BCUT2D eigenvalue weighted by Gasteiger charge is -2.14. The van der Waals surface area contributed by atoms with Crippen molar-refractivity contribution < 1.29 is 14.3 Å². The number of rotatable bonds is 9. The number of fused-ring (bicyclic) bond motifs is 1. The van der Waals surface area contributed by atoms with Crippen molar-refractivity contribution in [3.8, 4) is 11.5 Å². The van der Waals surface area contributed by atoms with E-state index in [0.29, 0.717) is 37.7 Å². The molecule has 0 spiro atoms. The van der Waals surface area contributed by atoms with Gasteiger partial charge in [0.05, 0.1) is 30.7 Å². The first-order valence-electron chi connectivity index (χ1n) is 10.2. The number of imidazole rings is 1. The van der Waals surface area contributed by atoms with E-state index in [1.54, 1.807) is 24.4 Å². The second-order valence-electron chi connectivity index (χ2n) is 6.79. The van der Waals surface area contributed by atoms with E-state index in [2.05, 4.69) is 14.9 Å². The number of benzene rings is 2. The molecule has 158 valence electrons. The van der Waals surface area contributed by atoms with Gasteiger partial charge in [-0.3, -0.25) is 9.78 Å². The monoisotopic (exact) mass is 416 g/mol. The number of carbonyl (C=O) groups is 1. The number of amides is 1. The van der Waals surface area contributed by atoms with Crippen LogP contribution in [0.5, 0.6) is 11.5 Å². The highest BCUT2D eigenvalue weighted by Gasteiger charge is 2.13. The number of ether oxygens (including phenoxy) is 2. The minimum atomic E-state index is -0.235. The fourth-order valence-corrected chi connectivity index (χ4v) is 3.35. The number of pyridine rings is 1. The SMILES string of the molecule is CCOc1ccccc1OCCn1c(CNC(=O)c2ccccn2)nc2ccccc21. The van der Waals surface area contributed by atoms with Gasteiger partial charge in [0.2, 0.25) is 0 Å². The van der Waals surface area contributed by atoms with Crippen LogP contribution in [0.1, 0.15) is 23.2 Å². The van der Waals surface area contributed by atoms with Crippen LogP contribution in [0, 0.1) is 0 Å². The van der Waals surface area contributed by atoms with Gasteiger partial charge in [-0.15, -0.1) is 0 Å². The highest BCUT2D eigenvalue weighted by Crippen LogP contribution is 2.26. The van der Waals surface area contributed by atoms with Crippen LogP contribution in [-0.2, 0) is 13.1 Å². The van der Waals surface area contributed by atoms with Crippen molar-refractivity contribution in [3.05, 3.63) is 84.4 Å². The van der Waals surface area contributed by atoms with Crippen LogP contribution >= 0.6 is 0 Å². The first-order valence-corrected chi connectivity index (χ1v) is 10.2. The van der Waals surface area contributed by atoms with Crippen LogP contribution in [0.3, 0.4) is 0 Å². The van der Waals surface area contributed by atoms with E-state index < -0.39 is 0 Å². The second-order valence-corrected chi connectivity index (χ2v) is 6.79. The Morgan fingerprint density at radius 3 is 2.48 bits per heavy atom. The smallest absolute Gasteiger partial charge is 0.270 e. The maximum absolute atomic E-state index is 12.4. The fourth-order valence-electron chi connectivity index (χ4n) is 3.35. The molecule has 0 aliphatic carbocycles. The summed E-state index contributed by atoms with van der Waals surface area (Å²) in [5.41, 5.74) is 2.24. The van der Waals surface area contributed by atoms with Crippen molar-refractivity contribution in [2.24, 2.45) is 0 Å². The molecule has 4 rings (SSSR count). The third kappa shape index (κ3) is 4.83. The molecule has 0 fully saturated rings. The van der Waals surface area contributed by atoms with Crippen molar-refractivity contribution >= 4 is 16.9 Å².